The number of hydrogen-bond donors (Lipinski definition) is 1. The molecular weight excluding hydrogens is 260 g/mol. The third-order valence-electron chi connectivity index (χ3n) is 4.42. The molecule has 1 saturated carbocycles. The van der Waals surface area contributed by atoms with Crippen molar-refractivity contribution >= 4 is 17.6 Å². The highest BCUT2D eigenvalue weighted by Crippen LogP contribution is 2.42. The normalized spacial score (nSPS) is 27.2. The minimum absolute atomic E-state index is 0.550. The van der Waals surface area contributed by atoms with Gasteiger partial charge in [0.1, 0.15) is 0 Å². The fraction of sp³-hybridized carbons (Fsp3) is 0.562. The van der Waals surface area contributed by atoms with Crippen LogP contribution in [0.25, 0.3) is 0 Å². The maximum Gasteiger partial charge on any atom is 0.309 e. The second kappa shape index (κ2) is 5.54. The molecule has 0 saturated heterocycles. The van der Waals surface area contributed by atoms with Crippen molar-refractivity contribution in [3.8, 4) is 0 Å². The molecule has 19 heavy (non-hydrogen) atoms. The van der Waals surface area contributed by atoms with Crippen LogP contribution in [0.3, 0.4) is 0 Å². The Bertz CT molecular complexity index is 474. The third kappa shape index (κ3) is 3.11. The van der Waals surface area contributed by atoms with Crippen LogP contribution in [0.2, 0.25) is 5.02 Å². The van der Waals surface area contributed by atoms with Gasteiger partial charge in [0.25, 0.3) is 0 Å². The van der Waals surface area contributed by atoms with E-state index >= 15 is 0 Å². The Morgan fingerprint density at radius 2 is 2.05 bits per heavy atom. The van der Waals surface area contributed by atoms with Gasteiger partial charge in [0.15, 0.2) is 0 Å². The van der Waals surface area contributed by atoms with E-state index in [1.165, 1.54) is 0 Å². The average Bonchev–Trinajstić information content (AvgIpc) is 2.35. The van der Waals surface area contributed by atoms with Crippen LogP contribution in [0.15, 0.2) is 18.2 Å². The molecule has 104 valence electrons. The Hall–Kier alpha value is -1.02. The average molecular weight is 281 g/mol. The predicted octanol–water partition coefficient (Wildman–Crippen LogP) is 4.47. The Morgan fingerprint density at radius 3 is 2.58 bits per heavy atom. The van der Waals surface area contributed by atoms with Gasteiger partial charge in [0.05, 0.1) is 5.41 Å². The summed E-state index contributed by atoms with van der Waals surface area (Å²) in [5, 5.41) is 10.3. The second-order valence-corrected chi connectivity index (χ2v) is 6.45. The van der Waals surface area contributed by atoms with Crippen LogP contribution in [-0.4, -0.2) is 11.1 Å². The summed E-state index contributed by atoms with van der Waals surface area (Å²) in [5.74, 6) is -0.0305. The summed E-state index contributed by atoms with van der Waals surface area (Å²) in [7, 11) is 0. The lowest BCUT2D eigenvalue weighted by Gasteiger charge is -2.36. The van der Waals surface area contributed by atoms with E-state index in [1.54, 1.807) is 0 Å². The zero-order valence-corrected chi connectivity index (χ0v) is 12.3. The number of carboxylic acid groups (broad SMARTS) is 1. The Balaban J connectivity index is 2.24. The van der Waals surface area contributed by atoms with Gasteiger partial charge < -0.3 is 5.11 Å². The second-order valence-electron chi connectivity index (χ2n) is 6.04. The first-order chi connectivity index (χ1) is 8.93. The molecule has 0 heterocycles. The van der Waals surface area contributed by atoms with Gasteiger partial charge in [-0.15, -0.1) is 0 Å². The zero-order valence-electron chi connectivity index (χ0n) is 11.6. The molecule has 2 rings (SSSR count). The number of rotatable bonds is 3. The van der Waals surface area contributed by atoms with Crippen LogP contribution in [0.4, 0.5) is 0 Å². The van der Waals surface area contributed by atoms with Crippen molar-refractivity contribution in [3.05, 3.63) is 34.3 Å². The molecule has 0 spiro atoms. The minimum Gasteiger partial charge on any atom is -0.481 e. The molecule has 0 radical (unpaired) electrons. The summed E-state index contributed by atoms with van der Waals surface area (Å²) in [6.45, 7) is 4.19. The summed E-state index contributed by atoms with van der Waals surface area (Å²) in [6.07, 6.45) is 4.06. The number of carbonyl (C=O) groups is 1. The van der Waals surface area contributed by atoms with E-state index in [0.29, 0.717) is 17.4 Å². The molecule has 0 aromatic heterocycles. The molecule has 0 atom stereocenters. The Labute approximate surface area is 119 Å². The van der Waals surface area contributed by atoms with E-state index in [1.807, 2.05) is 25.1 Å². The van der Waals surface area contributed by atoms with Crippen molar-refractivity contribution in [2.24, 2.45) is 11.3 Å². The van der Waals surface area contributed by atoms with E-state index < -0.39 is 11.4 Å². The van der Waals surface area contributed by atoms with E-state index in [0.717, 1.165) is 36.8 Å². The number of aliphatic carboxylic acids is 1. The fourth-order valence-corrected chi connectivity index (χ4v) is 3.24. The zero-order chi connectivity index (χ0) is 14.0. The first kappa shape index (κ1) is 14.4. The largest absolute Gasteiger partial charge is 0.481 e. The number of carboxylic acids is 1. The van der Waals surface area contributed by atoms with Crippen molar-refractivity contribution in [2.75, 3.05) is 0 Å². The van der Waals surface area contributed by atoms with Gasteiger partial charge in [-0.2, -0.15) is 0 Å². The molecule has 1 aromatic rings. The van der Waals surface area contributed by atoms with Gasteiger partial charge in [-0.3, -0.25) is 4.79 Å². The Kier molecular flexibility index (Phi) is 4.19. The SMILES string of the molecule is Cc1ccc(CC2(C(=O)O)CCC(C)CC2)c(Cl)c1. The van der Waals surface area contributed by atoms with Crippen LogP contribution in [-0.2, 0) is 11.2 Å². The molecule has 2 nitrogen and oxygen atoms in total. The van der Waals surface area contributed by atoms with Gasteiger partial charge >= 0.3 is 5.97 Å². The van der Waals surface area contributed by atoms with Crippen LogP contribution in [0, 0.1) is 18.3 Å². The van der Waals surface area contributed by atoms with Crippen LogP contribution in [0.1, 0.15) is 43.7 Å². The van der Waals surface area contributed by atoms with Crippen molar-refractivity contribution < 1.29 is 9.90 Å². The summed E-state index contributed by atoms with van der Waals surface area (Å²) in [6, 6.07) is 5.89. The monoisotopic (exact) mass is 280 g/mol. The molecule has 0 bridgehead atoms. The van der Waals surface area contributed by atoms with E-state index in [-0.39, 0.29) is 0 Å². The highest BCUT2D eigenvalue weighted by atomic mass is 35.5. The van der Waals surface area contributed by atoms with Crippen LogP contribution < -0.4 is 0 Å². The van der Waals surface area contributed by atoms with Gasteiger partial charge in [-0.05, 0) is 62.1 Å². The summed E-state index contributed by atoms with van der Waals surface area (Å²) < 4.78 is 0. The van der Waals surface area contributed by atoms with E-state index in [2.05, 4.69) is 6.92 Å². The van der Waals surface area contributed by atoms with E-state index in [9.17, 15) is 9.90 Å². The Morgan fingerprint density at radius 1 is 1.42 bits per heavy atom. The van der Waals surface area contributed by atoms with Gasteiger partial charge in [0.2, 0.25) is 0 Å². The molecule has 0 amide bonds. The first-order valence-corrected chi connectivity index (χ1v) is 7.29. The lowest BCUT2D eigenvalue weighted by molar-refractivity contribution is -0.151. The quantitative estimate of drug-likeness (QED) is 0.887. The molecule has 1 fully saturated rings. The molecule has 1 aliphatic carbocycles. The van der Waals surface area contributed by atoms with Crippen molar-refractivity contribution in [1.29, 1.82) is 0 Å². The van der Waals surface area contributed by atoms with Gasteiger partial charge in [-0.25, -0.2) is 0 Å². The summed E-state index contributed by atoms with van der Waals surface area (Å²) >= 11 is 6.25. The molecule has 3 heteroatoms. The highest BCUT2D eigenvalue weighted by molar-refractivity contribution is 6.31. The molecule has 1 aromatic carbocycles. The van der Waals surface area contributed by atoms with Crippen LogP contribution >= 0.6 is 11.6 Å². The smallest absolute Gasteiger partial charge is 0.309 e. The number of benzene rings is 1. The molecule has 1 aliphatic rings. The maximum atomic E-state index is 11.7. The van der Waals surface area contributed by atoms with Gasteiger partial charge in [-0.1, -0.05) is 30.7 Å². The summed E-state index contributed by atoms with van der Waals surface area (Å²) in [5.41, 5.74) is 1.45. The lowest BCUT2D eigenvalue weighted by atomic mass is 9.68. The lowest BCUT2D eigenvalue weighted by Crippen LogP contribution is -2.37. The van der Waals surface area contributed by atoms with Crippen molar-refractivity contribution in [2.45, 2.75) is 46.0 Å². The standard InChI is InChI=1S/C16H21ClO2/c1-11-5-7-16(8-6-11,15(18)19)10-13-4-3-12(2)9-14(13)17/h3-4,9,11H,5-8,10H2,1-2H3,(H,18,19). The highest BCUT2D eigenvalue weighted by Gasteiger charge is 2.41. The number of halogens is 1. The number of aryl methyl sites for hydroxylation is 1. The van der Waals surface area contributed by atoms with Crippen LogP contribution in [0.5, 0.6) is 0 Å². The van der Waals surface area contributed by atoms with Crippen molar-refractivity contribution in [1.82, 2.24) is 0 Å². The topological polar surface area (TPSA) is 37.3 Å². The number of hydrogen-bond acceptors (Lipinski definition) is 1. The maximum absolute atomic E-state index is 11.7. The minimum atomic E-state index is -0.670. The summed E-state index contributed by atoms with van der Waals surface area (Å²) in [4.78, 5) is 11.7. The molecule has 0 unspecified atom stereocenters. The first-order valence-electron chi connectivity index (χ1n) is 6.91. The van der Waals surface area contributed by atoms with Crippen molar-refractivity contribution in [3.63, 3.8) is 0 Å². The van der Waals surface area contributed by atoms with Gasteiger partial charge in [0, 0.05) is 5.02 Å². The predicted molar refractivity (Wildman–Crippen MR) is 77.6 cm³/mol. The molecule has 0 aliphatic heterocycles. The molecular formula is C16H21ClO2. The fourth-order valence-electron chi connectivity index (χ4n) is 2.94. The van der Waals surface area contributed by atoms with E-state index in [4.69, 9.17) is 11.6 Å². The molecule has 1 N–H and O–H groups in total. The third-order valence-corrected chi connectivity index (χ3v) is 4.77.